The van der Waals surface area contributed by atoms with Crippen LogP contribution >= 0.6 is 0 Å². The highest BCUT2D eigenvalue weighted by molar-refractivity contribution is 6.02. The summed E-state index contributed by atoms with van der Waals surface area (Å²) in [6, 6.07) is 10.8. The second-order valence-corrected chi connectivity index (χ2v) is 8.91. The summed E-state index contributed by atoms with van der Waals surface area (Å²) in [5.74, 6) is 2.53. The van der Waals surface area contributed by atoms with Crippen LogP contribution in [-0.4, -0.2) is 68.2 Å². The fraction of sp³-hybridized carbons (Fsp3) is 0.296. The first kappa shape index (κ1) is 26.1. The number of nitrogens with one attached hydrogen (secondary N) is 2. The number of aromatic nitrogens is 5. The van der Waals surface area contributed by atoms with E-state index in [4.69, 9.17) is 14.2 Å². The van der Waals surface area contributed by atoms with Gasteiger partial charge in [0.1, 0.15) is 35.9 Å². The van der Waals surface area contributed by atoms with E-state index >= 15 is 0 Å². The molecule has 1 aliphatic heterocycles. The highest BCUT2D eigenvalue weighted by Crippen LogP contribution is 2.37. The van der Waals surface area contributed by atoms with Crippen molar-refractivity contribution in [1.82, 2.24) is 24.7 Å². The van der Waals surface area contributed by atoms with E-state index in [0.717, 1.165) is 0 Å². The number of anilines is 4. The molecule has 1 aromatic carbocycles. The number of aryl methyl sites for hydroxylation is 1. The zero-order valence-corrected chi connectivity index (χ0v) is 21.8. The summed E-state index contributed by atoms with van der Waals surface area (Å²) in [7, 11) is 3.37. The van der Waals surface area contributed by atoms with Crippen molar-refractivity contribution >= 4 is 28.8 Å². The van der Waals surface area contributed by atoms with Crippen molar-refractivity contribution in [2.24, 2.45) is 7.05 Å². The maximum Gasteiger partial charge on any atom is 0.184 e. The molecular formula is C27H29N7O5. The molecule has 0 spiro atoms. The van der Waals surface area contributed by atoms with Gasteiger partial charge in [-0.3, -0.25) is 9.48 Å². The standard InChI is InChI=1S/C27H29N7O5/c1-4-21(35)18-12-29-25(32-24-9-8-16(11-28-24)39-23-14-38-13-22(23)36)10-20(18)31-19-7-5-6-17(26(19)37-3)27-30-15-34(2)33-27/h5-12,15,22-23,36H,4,13-14H2,1-3H3,(H2,28,29,31,32)/t22-,23-/m0/s1. The second-order valence-electron chi connectivity index (χ2n) is 8.91. The number of rotatable bonds is 10. The molecule has 0 aliphatic carbocycles. The molecule has 1 aliphatic rings. The highest BCUT2D eigenvalue weighted by Gasteiger charge is 2.28. The molecule has 3 N–H and O–H groups in total. The summed E-state index contributed by atoms with van der Waals surface area (Å²) < 4.78 is 18.3. The van der Waals surface area contributed by atoms with E-state index in [9.17, 15) is 9.90 Å². The molecule has 1 saturated heterocycles. The average molecular weight is 532 g/mol. The Bertz CT molecular complexity index is 1460. The molecule has 2 atom stereocenters. The lowest BCUT2D eigenvalue weighted by molar-refractivity contribution is 0.0731. The van der Waals surface area contributed by atoms with Crippen LogP contribution in [0.25, 0.3) is 11.4 Å². The predicted molar refractivity (Wildman–Crippen MR) is 144 cm³/mol. The summed E-state index contributed by atoms with van der Waals surface area (Å²) in [5.41, 5.74) is 2.35. The lowest BCUT2D eigenvalue weighted by Gasteiger charge is -2.17. The van der Waals surface area contributed by atoms with Crippen LogP contribution in [0.15, 0.2) is 55.1 Å². The number of carbonyl (C=O) groups is 1. The molecule has 3 aromatic heterocycles. The molecule has 39 heavy (non-hydrogen) atoms. The van der Waals surface area contributed by atoms with Crippen molar-refractivity contribution in [2.75, 3.05) is 31.0 Å². The van der Waals surface area contributed by atoms with Crippen LogP contribution < -0.4 is 20.1 Å². The quantitative estimate of drug-likeness (QED) is 0.258. The van der Waals surface area contributed by atoms with Crippen LogP contribution in [0.2, 0.25) is 0 Å². The molecule has 0 bridgehead atoms. The van der Waals surface area contributed by atoms with Crippen molar-refractivity contribution in [3.63, 3.8) is 0 Å². The van der Waals surface area contributed by atoms with Crippen molar-refractivity contribution < 1.29 is 24.1 Å². The highest BCUT2D eigenvalue weighted by atomic mass is 16.6. The van der Waals surface area contributed by atoms with Crippen molar-refractivity contribution in [1.29, 1.82) is 0 Å². The van der Waals surface area contributed by atoms with Gasteiger partial charge < -0.3 is 30.0 Å². The summed E-state index contributed by atoms with van der Waals surface area (Å²) in [5, 5.41) is 20.8. The second kappa shape index (κ2) is 11.5. The van der Waals surface area contributed by atoms with E-state index in [1.54, 1.807) is 56.5 Å². The molecule has 4 aromatic rings. The minimum Gasteiger partial charge on any atom is -0.494 e. The van der Waals surface area contributed by atoms with E-state index in [-0.39, 0.29) is 12.4 Å². The van der Waals surface area contributed by atoms with Crippen LogP contribution in [0.4, 0.5) is 23.0 Å². The molecule has 5 rings (SSSR count). The fourth-order valence-corrected chi connectivity index (χ4v) is 4.14. The minimum atomic E-state index is -0.665. The number of aliphatic hydroxyl groups excluding tert-OH is 1. The largest absolute Gasteiger partial charge is 0.494 e. The maximum absolute atomic E-state index is 12.7. The number of carbonyl (C=O) groups excluding carboxylic acids is 1. The number of methoxy groups -OCH3 is 1. The first-order chi connectivity index (χ1) is 18.9. The first-order valence-electron chi connectivity index (χ1n) is 12.4. The van der Waals surface area contributed by atoms with Gasteiger partial charge in [-0.15, -0.1) is 0 Å². The van der Waals surface area contributed by atoms with Gasteiger partial charge in [0.05, 0.1) is 49.0 Å². The molecule has 0 amide bonds. The third-order valence-corrected chi connectivity index (χ3v) is 6.13. The van der Waals surface area contributed by atoms with Crippen LogP contribution in [0.5, 0.6) is 11.5 Å². The van der Waals surface area contributed by atoms with Gasteiger partial charge in [-0.1, -0.05) is 13.0 Å². The van der Waals surface area contributed by atoms with Crippen LogP contribution in [0.1, 0.15) is 23.7 Å². The van der Waals surface area contributed by atoms with E-state index in [1.165, 1.54) is 6.20 Å². The number of pyridine rings is 2. The molecule has 1 fully saturated rings. The fourth-order valence-electron chi connectivity index (χ4n) is 4.14. The smallest absolute Gasteiger partial charge is 0.184 e. The van der Waals surface area contributed by atoms with Crippen LogP contribution in [0, 0.1) is 0 Å². The van der Waals surface area contributed by atoms with Crippen molar-refractivity contribution in [2.45, 2.75) is 25.6 Å². The molecule has 0 radical (unpaired) electrons. The third kappa shape index (κ3) is 5.81. The van der Waals surface area contributed by atoms with Gasteiger partial charge in [0.25, 0.3) is 0 Å². The topological polar surface area (TPSA) is 146 Å². The Morgan fingerprint density at radius 3 is 2.62 bits per heavy atom. The van der Waals surface area contributed by atoms with Crippen LogP contribution in [0.3, 0.4) is 0 Å². The van der Waals surface area contributed by atoms with Gasteiger partial charge >= 0.3 is 0 Å². The number of hydrogen-bond acceptors (Lipinski definition) is 11. The Balaban J connectivity index is 1.40. The number of hydrogen-bond donors (Lipinski definition) is 3. The van der Waals surface area contributed by atoms with Gasteiger partial charge in [-0.25, -0.2) is 15.0 Å². The van der Waals surface area contributed by atoms with E-state index in [1.807, 2.05) is 18.2 Å². The molecule has 202 valence electrons. The first-order valence-corrected chi connectivity index (χ1v) is 12.4. The maximum atomic E-state index is 12.7. The zero-order valence-electron chi connectivity index (χ0n) is 21.8. The number of nitrogens with zero attached hydrogens (tertiary/aromatic N) is 5. The van der Waals surface area contributed by atoms with Gasteiger partial charge in [0.15, 0.2) is 17.4 Å². The third-order valence-electron chi connectivity index (χ3n) is 6.13. The van der Waals surface area contributed by atoms with Crippen molar-refractivity contribution in [3.05, 3.63) is 60.7 Å². The van der Waals surface area contributed by atoms with Crippen LogP contribution in [-0.2, 0) is 11.8 Å². The van der Waals surface area contributed by atoms with E-state index in [2.05, 4.69) is 30.7 Å². The summed E-state index contributed by atoms with van der Waals surface area (Å²) in [4.78, 5) is 25.9. The summed E-state index contributed by atoms with van der Waals surface area (Å²) in [6.07, 6.45) is 3.94. The van der Waals surface area contributed by atoms with Gasteiger partial charge in [-0.2, -0.15) is 5.10 Å². The molecule has 12 heteroatoms. The Hall–Kier alpha value is -4.55. The monoisotopic (exact) mass is 531 g/mol. The van der Waals surface area contributed by atoms with E-state index < -0.39 is 12.2 Å². The number of para-hydroxylation sites is 1. The summed E-state index contributed by atoms with van der Waals surface area (Å²) in [6.45, 7) is 2.39. The Morgan fingerprint density at radius 1 is 1.10 bits per heavy atom. The number of ether oxygens (including phenoxy) is 3. The molecule has 0 unspecified atom stereocenters. The Labute approximate surface area is 225 Å². The number of ketones is 1. The van der Waals surface area contributed by atoms with Gasteiger partial charge in [-0.05, 0) is 24.3 Å². The van der Waals surface area contributed by atoms with E-state index in [0.29, 0.717) is 64.5 Å². The zero-order chi connectivity index (χ0) is 27.4. The Kier molecular flexibility index (Phi) is 7.66. The van der Waals surface area contributed by atoms with Crippen molar-refractivity contribution in [3.8, 4) is 22.9 Å². The van der Waals surface area contributed by atoms with Gasteiger partial charge in [0, 0.05) is 25.7 Å². The number of benzene rings is 1. The summed E-state index contributed by atoms with van der Waals surface area (Å²) >= 11 is 0. The SMILES string of the molecule is CCC(=O)c1cnc(Nc2ccc(O[C@H]3COC[C@@H]3O)cn2)cc1Nc1cccc(-c2ncn(C)n2)c1OC. The molecule has 0 saturated carbocycles. The molecular weight excluding hydrogens is 502 g/mol. The molecule has 12 nitrogen and oxygen atoms in total. The number of aliphatic hydroxyl groups is 1. The van der Waals surface area contributed by atoms with Gasteiger partial charge in [0.2, 0.25) is 0 Å². The number of Topliss-reactive ketones (excluding diaryl/α,β-unsaturated/α-hetero) is 1. The lowest BCUT2D eigenvalue weighted by atomic mass is 10.1. The normalized spacial score (nSPS) is 16.6. The minimum absolute atomic E-state index is 0.0595. The Morgan fingerprint density at radius 2 is 1.95 bits per heavy atom. The predicted octanol–water partition coefficient (Wildman–Crippen LogP) is 3.50. The molecule has 4 heterocycles. The average Bonchev–Trinajstić information content (AvgIpc) is 3.57. The lowest BCUT2D eigenvalue weighted by Crippen LogP contribution is -2.29.